The van der Waals surface area contributed by atoms with Crippen LogP contribution in [0.15, 0.2) is 103 Å². The number of H-pyrrole nitrogens is 1. The SMILES string of the molecule is COc1cc2c(cc1OCc1ccccc1)c(=O)on2S(=O)(=O)c1ccc(C)cc1.O=c1cco[nH]1. The zero-order chi connectivity index (χ0) is 25.7. The predicted octanol–water partition coefficient (Wildman–Crippen LogP) is 3.70. The largest absolute Gasteiger partial charge is 0.493 e. The van der Waals surface area contributed by atoms with Gasteiger partial charge in [-0.2, -0.15) is 13.6 Å². The fourth-order valence-corrected chi connectivity index (χ4v) is 4.50. The summed E-state index contributed by atoms with van der Waals surface area (Å²) in [7, 11) is -2.66. The maximum absolute atomic E-state index is 13.0. The number of nitrogens with one attached hydrogen (secondary N) is 1. The van der Waals surface area contributed by atoms with E-state index >= 15 is 0 Å². The number of methoxy groups -OCH3 is 1. The summed E-state index contributed by atoms with van der Waals surface area (Å²) >= 11 is 0. The fourth-order valence-electron chi connectivity index (χ4n) is 3.25. The van der Waals surface area contributed by atoms with Crippen molar-refractivity contribution in [1.82, 2.24) is 9.30 Å². The molecule has 2 heterocycles. The van der Waals surface area contributed by atoms with Crippen LogP contribution in [0.5, 0.6) is 11.5 Å². The quantitative estimate of drug-likeness (QED) is 0.366. The van der Waals surface area contributed by atoms with Gasteiger partial charge in [0.05, 0.1) is 17.4 Å². The lowest BCUT2D eigenvalue weighted by Crippen LogP contribution is -2.12. The van der Waals surface area contributed by atoms with Gasteiger partial charge in [0.2, 0.25) is 0 Å². The molecule has 10 nitrogen and oxygen atoms in total. The molecule has 1 N–H and O–H groups in total. The lowest BCUT2D eigenvalue weighted by molar-refractivity contribution is 0.285. The smallest absolute Gasteiger partial charge is 0.367 e. The monoisotopic (exact) mass is 510 g/mol. The van der Waals surface area contributed by atoms with E-state index in [1.165, 1.54) is 43.7 Å². The second-order valence-electron chi connectivity index (χ2n) is 7.61. The number of aromatic amines is 1. The summed E-state index contributed by atoms with van der Waals surface area (Å²) in [6.07, 6.45) is 1.29. The maximum Gasteiger partial charge on any atom is 0.367 e. The minimum Gasteiger partial charge on any atom is -0.493 e. The van der Waals surface area contributed by atoms with Gasteiger partial charge in [-0.1, -0.05) is 52.2 Å². The highest BCUT2D eigenvalue weighted by Gasteiger charge is 2.25. The van der Waals surface area contributed by atoms with Crippen molar-refractivity contribution in [3.8, 4) is 11.5 Å². The summed E-state index contributed by atoms with van der Waals surface area (Å²) in [5, 5.41) is 2.15. The molecule has 0 atom stereocenters. The summed E-state index contributed by atoms with van der Waals surface area (Å²) in [6, 6.07) is 19.9. The molecule has 0 saturated heterocycles. The van der Waals surface area contributed by atoms with Gasteiger partial charge in [-0.3, -0.25) is 4.79 Å². The van der Waals surface area contributed by atoms with Gasteiger partial charge in [0.15, 0.2) is 11.5 Å². The number of hydrogen-bond donors (Lipinski definition) is 1. The highest BCUT2D eigenvalue weighted by Crippen LogP contribution is 2.33. The first kappa shape index (κ1) is 24.6. The van der Waals surface area contributed by atoms with Crippen molar-refractivity contribution < 1.29 is 26.9 Å². The fraction of sp³-hybridized carbons (Fsp3) is 0.120. The average molecular weight is 511 g/mol. The third-order valence-corrected chi connectivity index (χ3v) is 6.66. The van der Waals surface area contributed by atoms with Crippen molar-refractivity contribution in [2.24, 2.45) is 0 Å². The van der Waals surface area contributed by atoms with Crippen molar-refractivity contribution in [2.75, 3.05) is 7.11 Å². The standard InChI is InChI=1S/C22H19NO6S.C3H3NO2/c1-15-8-10-17(11-9-15)30(25,26)23-19-13-20(27-2)21(12-18(19)22(24)29-23)28-14-16-6-4-3-5-7-16;5-3-1-2-6-4-3/h3-13H,14H2,1-2H3;1-2H,(H,4,5). The van der Waals surface area contributed by atoms with Gasteiger partial charge < -0.3 is 18.5 Å². The molecule has 0 radical (unpaired) electrons. The molecular weight excluding hydrogens is 488 g/mol. The molecule has 5 rings (SSSR count). The van der Waals surface area contributed by atoms with E-state index in [1.54, 1.807) is 12.1 Å². The molecule has 0 bridgehead atoms. The Balaban J connectivity index is 0.000000445. The molecule has 36 heavy (non-hydrogen) atoms. The molecule has 0 unspecified atom stereocenters. The summed E-state index contributed by atoms with van der Waals surface area (Å²) in [6.45, 7) is 2.11. The molecule has 0 aliphatic heterocycles. The topological polar surface area (TPSA) is 134 Å². The minimum absolute atomic E-state index is 0.0112. The molecule has 0 aliphatic rings. The Kier molecular flexibility index (Phi) is 7.11. The number of aryl methyl sites for hydroxylation is 1. The van der Waals surface area contributed by atoms with E-state index in [-0.39, 0.29) is 33.7 Å². The summed E-state index contributed by atoms with van der Waals surface area (Å²) in [4.78, 5) is 22.3. The summed E-state index contributed by atoms with van der Waals surface area (Å²) < 4.78 is 47.2. The van der Waals surface area contributed by atoms with Crippen molar-refractivity contribution in [2.45, 2.75) is 18.4 Å². The Morgan fingerprint density at radius 1 is 0.944 bits per heavy atom. The number of benzene rings is 3. The first-order valence-electron chi connectivity index (χ1n) is 10.6. The van der Waals surface area contributed by atoms with E-state index in [0.717, 1.165) is 11.1 Å². The van der Waals surface area contributed by atoms with Crippen LogP contribution < -0.4 is 20.7 Å². The number of aromatic nitrogens is 2. The molecule has 0 fully saturated rings. The van der Waals surface area contributed by atoms with Crippen LogP contribution in [-0.4, -0.2) is 24.8 Å². The zero-order valence-electron chi connectivity index (χ0n) is 19.3. The Hall–Kier alpha value is -4.51. The Labute approximate surface area is 205 Å². The molecule has 11 heteroatoms. The minimum atomic E-state index is -4.10. The molecule has 2 aromatic heterocycles. The number of nitrogens with zero attached hydrogens (tertiary/aromatic N) is 1. The molecule has 0 saturated carbocycles. The normalized spacial score (nSPS) is 11.1. The van der Waals surface area contributed by atoms with Crippen LogP contribution in [0.3, 0.4) is 0 Å². The molecular formula is C25H22N2O8S. The third kappa shape index (κ3) is 5.26. The maximum atomic E-state index is 13.0. The lowest BCUT2D eigenvalue weighted by atomic mass is 10.2. The Morgan fingerprint density at radius 2 is 1.67 bits per heavy atom. The highest BCUT2D eigenvalue weighted by atomic mass is 32.2. The average Bonchev–Trinajstić information content (AvgIpc) is 3.50. The Morgan fingerprint density at radius 3 is 2.25 bits per heavy atom. The van der Waals surface area contributed by atoms with E-state index in [2.05, 4.69) is 9.68 Å². The van der Waals surface area contributed by atoms with Crippen LogP contribution >= 0.6 is 0 Å². The van der Waals surface area contributed by atoms with E-state index in [1.807, 2.05) is 37.3 Å². The van der Waals surface area contributed by atoms with Crippen molar-refractivity contribution in [1.29, 1.82) is 0 Å². The molecule has 0 aliphatic carbocycles. The van der Waals surface area contributed by atoms with E-state index in [9.17, 15) is 18.0 Å². The van der Waals surface area contributed by atoms with Crippen molar-refractivity contribution >= 4 is 20.9 Å². The molecule has 186 valence electrons. The van der Waals surface area contributed by atoms with E-state index in [4.69, 9.17) is 14.0 Å². The molecule has 0 amide bonds. The van der Waals surface area contributed by atoms with Crippen LogP contribution in [-0.2, 0) is 16.6 Å². The van der Waals surface area contributed by atoms with Gasteiger partial charge in [-0.05, 0) is 24.6 Å². The van der Waals surface area contributed by atoms with Gasteiger partial charge in [-0.15, -0.1) is 0 Å². The van der Waals surface area contributed by atoms with E-state index < -0.39 is 15.6 Å². The molecule has 5 aromatic rings. The van der Waals surface area contributed by atoms with Gasteiger partial charge in [0.25, 0.3) is 15.6 Å². The molecule has 3 aromatic carbocycles. The first-order valence-corrected chi connectivity index (χ1v) is 12.1. The highest BCUT2D eigenvalue weighted by molar-refractivity contribution is 7.90. The summed E-state index contributed by atoms with van der Waals surface area (Å²) in [5.74, 6) is 0.596. The Bertz CT molecular complexity index is 1660. The number of fused-ring (bicyclic) bond motifs is 1. The van der Waals surface area contributed by atoms with Crippen LogP contribution in [0.2, 0.25) is 0 Å². The van der Waals surface area contributed by atoms with Gasteiger partial charge in [0, 0.05) is 18.2 Å². The zero-order valence-corrected chi connectivity index (χ0v) is 20.2. The van der Waals surface area contributed by atoms with Crippen LogP contribution in [0, 0.1) is 6.92 Å². The first-order chi connectivity index (χ1) is 17.3. The van der Waals surface area contributed by atoms with Gasteiger partial charge in [-0.25, -0.2) is 4.79 Å². The van der Waals surface area contributed by atoms with Crippen LogP contribution in [0.1, 0.15) is 11.1 Å². The van der Waals surface area contributed by atoms with E-state index in [0.29, 0.717) is 9.89 Å². The second-order valence-corrected chi connectivity index (χ2v) is 9.36. The van der Waals surface area contributed by atoms with Crippen LogP contribution in [0.25, 0.3) is 10.9 Å². The van der Waals surface area contributed by atoms with Crippen LogP contribution in [0.4, 0.5) is 0 Å². The number of ether oxygens (including phenoxy) is 2. The summed E-state index contributed by atoms with van der Waals surface area (Å²) in [5.41, 5.74) is 0.938. The molecule has 0 spiro atoms. The van der Waals surface area contributed by atoms with Crippen molar-refractivity contribution in [3.63, 3.8) is 0 Å². The van der Waals surface area contributed by atoms with Gasteiger partial charge in [0.1, 0.15) is 18.4 Å². The predicted molar refractivity (Wildman–Crippen MR) is 131 cm³/mol. The third-order valence-electron chi connectivity index (χ3n) is 5.09. The van der Waals surface area contributed by atoms with Crippen molar-refractivity contribution in [3.05, 3.63) is 111 Å². The van der Waals surface area contributed by atoms with Gasteiger partial charge >= 0.3 is 5.63 Å². The lowest BCUT2D eigenvalue weighted by Gasteiger charge is -2.11. The number of hydrogen-bond acceptors (Lipinski definition) is 8. The number of rotatable bonds is 6. The second kappa shape index (κ2) is 10.4.